The molecule has 0 bridgehead atoms. The van der Waals surface area contributed by atoms with Gasteiger partial charge in [0.05, 0.1) is 12.0 Å². The SMILES string of the molecule is COCC1(C(=O)C(C)C)C(C)=CCC=C1C. The van der Waals surface area contributed by atoms with E-state index in [2.05, 4.69) is 12.2 Å². The Hall–Kier alpha value is -0.890. The minimum Gasteiger partial charge on any atom is -0.383 e. The second kappa shape index (κ2) is 4.96. The molecule has 0 unspecified atom stereocenters. The summed E-state index contributed by atoms with van der Waals surface area (Å²) in [6.07, 6.45) is 5.19. The van der Waals surface area contributed by atoms with Gasteiger partial charge in [-0.25, -0.2) is 0 Å². The highest BCUT2D eigenvalue weighted by molar-refractivity contribution is 5.92. The maximum atomic E-state index is 12.5. The molecule has 0 saturated heterocycles. The highest BCUT2D eigenvalue weighted by Gasteiger charge is 2.43. The van der Waals surface area contributed by atoms with Crippen molar-refractivity contribution in [1.82, 2.24) is 0 Å². The van der Waals surface area contributed by atoms with Crippen LogP contribution in [0.4, 0.5) is 0 Å². The van der Waals surface area contributed by atoms with Gasteiger partial charge in [0.15, 0.2) is 5.78 Å². The largest absolute Gasteiger partial charge is 0.383 e. The molecule has 0 radical (unpaired) electrons. The van der Waals surface area contributed by atoms with Gasteiger partial charge in [-0.05, 0) is 20.3 Å². The molecule has 0 spiro atoms. The Morgan fingerprint density at radius 1 is 1.38 bits per heavy atom. The van der Waals surface area contributed by atoms with E-state index in [9.17, 15) is 4.79 Å². The van der Waals surface area contributed by atoms with Gasteiger partial charge in [-0.2, -0.15) is 0 Å². The summed E-state index contributed by atoms with van der Waals surface area (Å²) in [5.41, 5.74) is 1.75. The quantitative estimate of drug-likeness (QED) is 0.683. The number of carbonyl (C=O) groups excluding carboxylic acids is 1. The summed E-state index contributed by atoms with van der Waals surface area (Å²) in [4.78, 5) is 12.5. The minimum absolute atomic E-state index is 0.0277. The summed E-state index contributed by atoms with van der Waals surface area (Å²) in [5.74, 6) is 0.288. The first-order valence-electron chi connectivity index (χ1n) is 5.84. The first-order valence-corrected chi connectivity index (χ1v) is 5.84. The van der Waals surface area contributed by atoms with Crippen molar-refractivity contribution in [3.63, 3.8) is 0 Å². The Labute approximate surface area is 98.4 Å². The Morgan fingerprint density at radius 2 is 1.88 bits per heavy atom. The lowest BCUT2D eigenvalue weighted by Gasteiger charge is -2.37. The Kier molecular flexibility index (Phi) is 4.09. The van der Waals surface area contributed by atoms with Crippen LogP contribution in [-0.4, -0.2) is 19.5 Å². The summed E-state index contributed by atoms with van der Waals surface area (Å²) >= 11 is 0. The third-order valence-corrected chi connectivity index (χ3v) is 3.50. The van der Waals surface area contributed by atoms with Crippen LogP contribution in [0, 0.1) is 11.3 Å². The molecule has 1 aliphatic carbocycles. The van der Waals surface area contributed by atoms with Gasteiger partial charge in [0.1, 0.15) is 0 Å². The van der Waals surface area contributed by atoms with Crippen molar-refractivity contribution in [2.45, 2.75) is 34.1 Å². The van der Waals surface area contributed by atoms with Crippen LogP contribution in [0.2, 0.25) is 0 Å². The first kappa shape index (κ1) is 13.2. The standard InChI is InChI=1S/C14H22O2/c1-10(2)13(15)14(9-16-5)11(3)7-6-8-12(14)4/h7-8,10H,6,9H2,1-5H3. The average molecular weight is 222 g/mol. The Morgan fingerprint density at radius 3 is 2.25 bits per heavy atom. The third kappa shape index (κ3) is 1.99. The molecule has 90 valence electrons. The van der Waals surface area contributed by atoms with Crippen molar-refractivity contribution < 1.29 is 9.53 Å². The summed E-state index contributed by atoms with van der Waals surface area (Å²) < 4.78 is 5.29. The number of methoxy groups -OCH3 is 1. The van der Waals surface area contributed by atoms with Crippen LogP contribution in [0.5, 0.6) is 0 Å². The molecule has 0 saturated carbocycles. The molecule has 2 nitrogen and oxygen atoms in total. The maximum Gasteiger partial charge on any atom is 0.151 e. The topological polar surface area (TPSA) is 26.3 Å². The maximum absolute atomic E-state index is 12.5. The second-order valence-electron chi connectivity index (χ2n) is 4.87. The van der Waals surface area contributed by atoms with Crippen molar-refractivity contribution in [3.05, 3.63) is 23.3 Å². The molecule has 1 aliphatic rings. The van der Waals surface area contributed by atoms with Crippen molar-refractivity contribution in [3.8, 4) is 0 Å². The average Bonchev–Trinajstić information content (AvgIpc) is 2.22. The number of rotatable bonds is 4. The highest BCUT2D eigenvalue weighted by atomic mass is 16.5. The number of carbonyl (C=O) groups is 1. The fourth-order valence-electron chi connectivity index (χ4n) is 2.47. The molecule has 0 aromatic carbocycles. The van der Waals surface area contributed by atoms with Gasteiger partial charge in [0.25, 0.3) is 0 Å². The van der Waals surface area contributed by atoms with E-state index >= 15 is 0 Å². The lowest BCUT2D eigenvalue weighted by Crippen LogP contribution is -2.41. The van der Waals surface area contributed by atoms with E-state index in [1.165, 1.54) is 0 Å². The molecule has 0 fully saturated rings. The molecule has 2 heteroatoms. The summed E-state index contributed by atoms with van der Waals surface area (Å²) in [5, 5.41) is 0. The van der Waals surface area contributed by atoms with E-state index in [0.717, 1.165) is 17.6 Å². The van der Waals surface area contributed by atoms with Crippen molar-refractivity contribution in [2.24, 2.45) is 11.3 Å². The zero-order valence-electron chi connectivity index (χ0n) is 11.0. The lowest BCUT2D eigenvalue weighted by molar-refractivity contribution is -0.130. The molecule has 16 heavy (non-hydrogen) atoms. The Balaban J connectivity index is 3.22. The molecule has 0 aromatic heterocycles. The monoisotopic (exact) mass is 222 g/mol. The number of ketones is 1. The van der Waals surface area contributed by atoms with E-state index in [4.69, 9.17) is 4.74 Å². The molecule has 0 atom stereocenters. The third-order valence-electron chi connectivity index (χ3n) is 3.50. The minimum atomic E-state index is -0.513. The molecule has 0 heterocycles. The van der Waals surface area contributed by atoms with Crippen LogP contribution < -0.4 is 0 Å². The van der Waals surface area contributed by atoms with Crippen molar-refractivity contribution in [1.29, 1.82) is 0 Å². The number of allylic oxidation sites excluding steroid dienone is 2. The molecule has 1 rings (SSSR count). The second-order valence-corrected chi connectivity index (χ2v) is 4.87. The van der Waals surface area contributed by atoms with Gasteiger partial charge in [0.2, 0.25) is 0 Å². The van der Waals surface area contributed by atoms with E-state index in [1.807, 2.05) is 27.7 Å². The zero-order valence-corrected chi connectivity index (χ0v) is 11.0. The predicted octanol–water partition coefficient (Wildman–Crippen LogP) is 3.14. The van der Waals surface area contributed by atoms with E-state index in [-0.39, 0.29) is 11.7 Å². The van der Waals surface area contributed by atoms with Crippen LogP contribution in [0.25, 0.3) is 0 Å². The van der Waals surface area contributed by atoms with Gasteiger partial charge in [-0.3, -0.25) is 4.79 Å². The summed E-state index contributed by atoms with van der Waals surface area (Å²) in [6.45, 7) is 8.43. The number of Topliss-reactive ketones (excluding diaryl/α,β-unsaturated/α-hetero) is 1. The first-order chi connectivity index (χ1) is 7.46. The summed E-state index contributed by atoms with van der Waals surface area (Å²) in [6, 6.07) is 0. The fourth-order valence-corrected chi connectivity index (χ4v) is 2.47. The number of ether oxygens (including phenoxy) is 1. The van der Waals surface area contributed by atoms with E-state index in [0.29, 0.717) is 6.61 Å². The van der Waals surface area contributed by atoms with Crippen molar-refractivity contribution in [2.75, 3.05) is 13.7 Å². The molecular formula is C14H22O2. The van der Waals surface area contributed by atoms with Crippen LogP contribution in [0.1, 0.15) is 34.1 Å². The summed E-state index contributed by atoms with van der Waals surface area (Å²) in [7, 11) is 1.66. The Bertz CT molecular complexity index is 317. The zero-order chi connectivity index (χ0) is 12.3. The normalized spacial score (nSPS) is 19.4. The van der Waals surface area contributed by atoms with Crippen molar-refractivity contribution >= 4 is 5.78 Å². The van der Waals surface area contributed by atoms with Gasteiger partial charge >= 0.3 is 0 Å². The van der Waals surface area contributed by atoms with Crippen LogP contribution in [0.15, 0.2) is 23.3 Å². The highest BCUT2D eigenvalue weighted by Crippen LogP contribution is 2.41. The fraction of sp³-hybridized carbons (Fsp3) is 0.643. The lowest BCUT2D eigenvalue weighted by atomic mass is 9.67. The van der Waals surface area contributed by atoms with Gasteiger partial charge in [-0.15, -0.1) is 0 Å². The smallest absolute Gasteiger partial charge is 0.151 e. The van der Waals surface area contributed by atoms with E-state index < -0.39 is 5.41 Å². The number of hydrogen-bond donors (Lipinski definition) is 0. The van der Waals surface area contributed by atoms with Gasteiger partial charge < -0.3 is 4.74 Å². The molecule has 0 amide bonds. The molecule has 0 N–H and O–H groups in total. The van der Waals surface area contributed by atoms with Gasteiger partial charge in [-0.1, -0.05) is 37.1 Å². The van der Waals surface area contributed by atoms with E-state index in [1.54, 1.807) is 7.11 Å². The van der Waals surface area contributed by atoms with Crippen LogP contribution >= 0.6 is 0 Å². The van der Waals surface area contributed by atoms with Crippen LogP contribution in [-0.2, 0) is 9.53 Å². The predicted molar refractivity (Wildman–Crippen MR) is 66.3 cm³/mol. The molecular weight excluding hydrogens is 200 g/mol. The van der Waals surface area contributed by atoms with Crippen LogP contribution in [0.3, 0.4) is 0 Å². The molecule has 0 aliphatic heterocycles. The molecule has 0 aromatic rings. The number of hydrogen-bond acceptors (Lipinski definition) is 2. The van der Waals surface area contributed by atoms with Gasteiger partial charge in [0, 0.05) is 13.0 Å².